The van der Waals surface area contributed by atoms with E-state index >= 15 is 0 Å². The fourth-order valence-corrected chi connectivity index (χ4v) is 4.86. The molecule has 0 unspecified atom stereocenters. The molecule has 8 nitrogen and oxygen atoms in total. The third kappa shape index (κ3) is 7.19. The van der Waals surface area contributed by atoms with E-state index in [2.05, 4.69) is 29.0 Å². The summed E-state index contributed by atoms with van der Waals surface area (Å²) >= 11 is 2.61. The summed E-state index contributed by atoms with van der Waals surface area (Å²) in [5, 5.41) is 12.6. The number of carbonyl (C=O) groups excluding carboxylic acids is 2. The molecule has 0 atom stereocenters. The summed E-state index contributed by atoms with van der Waals surface area (Å²) in [5.41, 5.74) is 1.26. The average Bonchev–Trinajstić information content (AvgIpc) is 3.41. The fourth-order valence-electron chi connectivity index (χ4n) is 3.20. The number of carbonyl (C=O) groups is 2. The van der Waals surface area contributed by atoms with Crippen LogP contribution in [0.25, 0.3) is 11.4 Å². The Morgan fingerprint density at radius 2 is 2.00 bits per heavy atom. The molecule has 35 heavy (non-hydrogen) atoms. The van der Waals surface area contributed by atoms with E-state index in [0.717, 1.165) is 29.0 Å². The van der Waals surface area contributed by atoms with Crippen molar-refractivity contribution in [2.75, 3.05) is 24.3 Å². The SMILES string of the molecule is C=CCn1c(SCC(=O)Nc2sc(C)cc2C(=O)OCC)nnc1-c1ccc(OCCCC)cc1. The number of unbranched alkanes of at least 4 members (excludes halogenated alkanes) is 1. The molecule has 0 fully saturated rings. The molecule has 0 aliphatic rings. The van der Waals surface area contributed by atoms with E-state index in [1.165, 1.54) is 23.1 Å². The molecule has 3 rings (SSSR count). The summed E-state index contributed by atoms with van der Waals surface area (Å²) in [7, 11) is 0. The number of ether oxygens (including phenoxy) is 2. The molecule has 0 bridgehead atoms. The molecular formula is C25H30N4O4S2. The van der Waals surface area contributed by atoms with Gasteiger partial charge in [-0.25, -0.2) is 4.79 Å². The number of aromatic nitrogens is 3. The maximum absolute atomic E-state index is 12.7. The Labute approximate surface area is 213 Å². The van der Waals surface area contributed by atoms with E-state index in [1.54, 1.807) is 19.1 Å². The Balaban J connectivity index is 1.68. The third-order valence-corrected chi connectivity index (χ3v) is 6.78. The van der Waals surface area contributed by atoms with Crippen molar-refractivity contribution in [3.8, 4) is 17.1 Å². The van der Waals surface area contributed by atoms with Crippen LogP contribution >= 0.6 is 23.1 Å². The van der Waals surface area contributed by atoms with Crippen molar-refractivity contribution in [2.45, 2.75) is 45.3 Å². The molecule has 0 radical (unpaired) electrons. The predicted molar refractivity (Wildman–Crippen MR) is 140 cm³/mol. The van der Waals surface area contributed by atoms with E-state index in [9.17, 15) is 9.59 Å². The van der Waals surface area contributed by atoms with E-state index in [-0.39, 0.29) is 18.3 Å². The largest absolute Gasteiger partial charge is 0.494 e. The van der Waals surface area contributed by atoms with Gasteiger partial charge in [-0.3, -0.25) is 9.36 Å². The highest BCUT2D eigenvalue weighted by Crippen LogP contribution is 2.29. The van der Waals surface area contributed by atoms with Crippen LogP contribution in [-0.4, -0.2) is 45.6 Å². The Morgan fingerprint density at radius 1 is 1.23 bits per heavy atom. The van der Waals surface area contributed by atoms with Gasteiger partial charge in [0.1, 0.15) is 10.8 Å². The zero-order chi connectivity index (χ0) is 25.2. The minimum absolute atomic E-state index is 0.110. The number of rotatable bonds is 13. The van der Waals surface area contributed by atoms with Crippen LogP contribution in [0.4, 0.5) is 5.00 Å². The van der Waals surface area contributed by atoms with Gasteiger partial charge < -0.3 is 14.8 Å². The highest BCUT2D eigenvalue weighted by atomic mass is 32.2. The summed E-state index contributed by atoms with van der Waals surface area (Å²) in [4.78, 5) is 25.7. The van der Waals surface area contributed by atoms with Crippen LogP contribution in [0.15, 0.2) is 48.1 Å². The predicted octanol–water partition coefficient (Wildman–Crippen LogP) is 5.59. The minimum atomic E-state index is -0.447. The van der Waals surface area contributed by atoms with Crippen molar-refractivity contribution < 1.29 is 19.1 Å². The van der Waals surface area contributed by atoms with E-state index in [1.807, 2.05) is 35.8 Å². The first-order valence-electron chi connectivity index (χ1n) is 11.4. The molecule has 0 saturated heterocycles. The van der Waals surface area contributed by atoms with Crippen molar-refractivity contribution in [2.24, 2.45) is 0 Å². The molecular weight excluding hydrogens is 484 g/mol. The first kappa shape index (κ1) is 26.5. The number of aryl methyl sites for hydroxylation is 1. The van der Waals surface area contributed by atoms with Gasteiger partial charge in [-0.15, -0.1) is 28.1 Å². The van der Waals surface area contributed by atoms with Crippen LogP contribution in [0.3, 0.4) is 0 Å². The van der Waals surface area contributed by atoms with E-state index in [4.69, 9.17) is 9.47 Å². The summed E-state index contributed by atoms with van der Waals surface area (Å²) in [6.45, 7) is 11.0. The van der Waals surface area contributed by atoms with Crippen LogP contribution in [0.2, 0.25) is 0 Å². The second kappa shape index (κ2) is 13.1. The number of thiophene rings is 1. The molecule has 0 aliphatic heterocycles. The van der Waals surface area contributed by atoms with Gasteiger partial charge in [0, 0.05) is 17.0 Å². The van der Waals surface area contributed by atoms with Gasteiger partial charge in [0.25, 0.3) is 0 Å². The smallest absolute Gasteiger partial charge is 0.341 e. The number of thioether (sulfide) groups is 1. The van der Waals surface area contributed by atoms with Gasteiger partial charge in [-0.05, 0) is 50.6 Å². The molecule has 1 amide bonds. The van der Waals surface area contributed by atoms with Gasteiger partial charge in [0.05, 0.1) is 24.5 Å². The number of benzene rings is 1. The van der Waals surface area contributed by atoms with Crippen LogP contribution < -0.4 is 10.1 Å². The number of amides is 1. The lowest BCUT2D eigenvalue weighted by Crippen LogP contribution is -2.16. The van der Waals surface area contributed by atoms with E-state index < -0.39 is 5.97 Å². The number of hydrogen-bond donors (Lipinski definition) is 1. The molecule has 0 spiro atoms. The summed E-state index contributed by atoms with van der Waals surface area (Å²) in [6, 6.07) is 9.45. The van der Waals surface area contributed by atoms with Gasteiger partial charge in [-0.2, -0.15) is 0 Å². The van der Waals surface area contributed by atoms with Crippen molar-refractivity contribution in [1.29, 1.82) is 0 Å². The zero-order valence-corrected chi connectivity index (χ0v) is 21.8. The van der Waals surface area contributed by atoms with Gasteiger partial charge in [0.15, 0.2) is 11.0 Å². The van der Waals surface area contributed by atoms with Crippen molar-refractivity contribution in [3.63, 3.8) is 0 Å². The molecule has 1 aromatic carbocycles. The van der Waals surface area contributed by atoms with Crippen molar-refractivity contribution in [3.05, 3.63) is 53.4 Å². The second-order valence-electron chi connectivity index (χ2n) is 7.59. The normalized spacial score (nSPS) is 10.7. The van der Waals surface area contributed by atoms with Crippen LogP contribution in [-0.2, 0) is 16.1 Å². The first-order chi connectivity index (χ1) is 17.0. The van der Waals surface area contributed by atoms with Gasteiger partial charge in [-0.1, -0.05) is 31.2 Å². The lowest BCUT2D eigenvalue weighted by atomic mass is 10.2. The molecule has 0 saturated carbocycles. The molecule has 186 valence electrons. The number of nitrogens with zero attached hydrogens (tertiary/aromatic N) is 3. The quantitative estimate of drug-likeness (QED) is 0.138. The van der Waals surface area contributed by atoms with Crippen molar-refractivity contribution >= 4 is 40.0 Å². The molecule has 3 aromatic rings. The highest BCUT2D eigenvalue weighted by molar-refractivity contribution is 7.99. The Hall–Kier alpha value is -3.11. The molecule has 2 aromatic heterocycles. The van der Waals surface area contributed by atoms with Crippen molar-refractivity contribution in [1.82, 2.24) is 14.8 Å². The Bertz CT molecular complexity index is 1150. The topological polar surface area (TPSA) is 95.3 Å². The molecule has 0 aliphatic carbocycles. The summed E-state index contributed by atoms with van der Waals surface area (Å²) in [5.74, 6) is 0.918. The number of allylic oxidation sites excluding steroid dienone is 1. The maximum atomic E-state index is 12.7. The van der Waals surface area contributed by atoms with Crippen LogP contribution in [0, 0.1) is 6.92 Å². The lowest BCUT2D eigenvalue weighted by molar-refractivity contribution is -0.113. The number of hydrogen-bond acceptors (Lipinski definition) is 8. The molecule has 1 N–H and O–H groups in total. The van der Waals surface area contributed by atoms with Gasteiger partial charge >= 0.3 is 5.97 Å². The lowest BCUT2D eigenvalue weighted by Gasteiger charge is -2.09. The number of anilines is 1. The highest BCUT2D eigenvalue weighted by Gasteiger charge is 2.19. The number of esters is 1. The molecule has 2 heterocycles. The summed E-state index contributed by atoms with van der Waals surface area (Å²) in [6.07, 6.45) is 3.86. The standard InChI is InChI=1S/C25H30N4O4S2/c1-5-8-14-33-19-11-9-18(10-12-19)22-27-28-25(29(22)13-6-2)34-16-21(30)26-23-20(15-17(4)35-23)24(31)32-7-3/h6,9-12,15H,2,5,7-8,13-14,16H2,1,3-4H3,(H,26,30). The average molecular weight is 515 g/mol. The fraction of sp³-hybridized carbons (Fsp3) is 0.360. The third-order valence-electron chi connectivity index (χ3n) is 4.84. The first-order valence-corrected chi connectivity index (χ1v) is 13.2. The minimum Gasteiger partial charge on any atom is -0.494 e. The second-order valence-corrected chi connectivity index (χ2v) is 9.79. The monoisotopic (exact) mass is 514 g/mol. The summed E-state index contributed by atoms with van der Waals surface area (Å²) < 4.78 is 12.7. The zero-order valence-electron chi connectivity index (χ0n) is 20.2. The van der Waals surface area contributed by atoms with Crippen LogP contribution in [0.5, 0.6) is 5.75 Å². The Kier molecular flexibility index (Phi) is 9.92. The van der Waals surface area contributed by atoms with Gasteiger partial charge in [0.2, 0.25) is 5.91 Å². The molecule has 10 heteroatoms. The maximum Gasteiger partial charge on any atom is 0.341 e. The van der Waals surface area contributed by atoms with Crippen LogP contribution in [0.1, 0.15) is 41.9 Å². The number of nitrogens with one attached hydrogen (secondary N) is 1. The van der Waals surface area contributed by atoms with E-state index in [0.29, 0.717) is 34.7 Å². The Morgan fingerprint density at radius 3 is 2.69 bits per heavy atom.